The highest BCUT2D eigenvalue weighted by Gasteiger charge is 2.07. The molecule has 0 spiro atoms. The average Bonchev–Trinajstić information content (AvgIpc) is 3.02. The van der Waals surface area contributed by atoms with Crippen LogP contribution in [0, 0.1) is 0 Å². The lowest BCUT2D eigenvalue weighted by molar-refractivity contribution is 0.112. The van der Waals surface area contributed by atoms with Crippen molar-refractivity contribution in [2.75, 3.05) is 18.4 Å². The van der Waals surface area contributed by atoms with Crippen molar-refractivity contribution in [3.05, 3.63) is 53.9 Å². The largest absolute Gasteiger partial charge is 0.340 e. The van der Waals surface area contributed by atoms with Crippen LogP contribution in [0.25, 0.3) is 5.65 Å². The lowest BCUT2D eigenvalue weighted by atomic mass is 10.2. The van der Waals surface area contributed by atoms with Crippen LogP contribution in [0.15, 0.2) is 42.7 Å². The molecule has 6 nitrogen and oxygen atoms in total. The van der Waals surface area contributed by atoms with Gasteiger partial charge in [-0.2, -0.15) is 5.10 Å². The Hall–Kier alpha value is -2.73. The summed E-state index contributed by atoms with van der Waals surface area (Å²) in [5.74, 6) is 0.686. The highest BCUT2D eigenvalue weighted by Crippen LogP contribution is 2.18. The number of hydrogen-bond acceptors (Lipinski definition) is 5. The Morgan fingerprint density at radius 3 is 2.83 bits per heavy atom. The summed E-state index contributed by atoms with van der Waals surface area (Å²) in [4.78, 5) is 17.9. The van der Waals surface area contributed by atoms with Gasteiger partial charge < -0.3 is 5.32 Å². The second kappa shape index (κ2) is 7.23. The molecule has 1 N–H and O–H groups in total. The van der Waals surface area contributed by atoms with Crippen LogP contribution >= 0.6 is 0 Å². The molecule has 1 aromatic carbocycles. The number of rotatable bonds is 7. The molecule has 0 atom stereocenters. The molecule has 0 unspecified atom stereocenters. The molecule has 3 rings (SSSR count). The molecule has 0 radical (unpaired) electrons. The number of hydrogen-bond donors (Lipinski definition) is 1. The monoisotopic (exact) mass is 323 g/mol. The van der Waals surface area contributed by atoms with E-state index in [0.717, 1.165) is 31.6 Å². The summed E-state index contributed by atoms with van der Waals surface area (Å²) in [6.07, 6.45) is 4.07. The van der Waals surface area contributed by atoms with Gasteiger partial charge in [-0.05, 0) is 36.9 Å². The Bertz CT molecular complexity index is 838. The standard InChI is InChI=1S/C18H21N5O/c1-3-22(4-2)12-14-6-5-7-16(10-14)20-17-8-9-23-18(21-17)15(13-24)11-19-23/h5-11,13H,3-4,12H2,1-2H3,(H,20,21). The smallest absolute Gasteiger partial charge is 0.167 e. The van der Waals surface area contributed by atoms with E-state index in [1.807, 2.05) is 18.2 Å². The van der Waals surface area contributed by atoms with Gasteiger partial charge in [0, 0.05) is 18.4 Å². The number of aromatic nitrogens is 3. The van der Waals surface area contributed by atoms with Crippen molar-refractivity contribution in [3.8, 4) is 0 Å². The van der Waals surface area contributed by atoms with Gasteiger partial charge in [-0.3, -0.25) is 9.69 Å². The molecule has 2 heterocycles. The van der Waals surface area contributed by atoms with E-state index >= 15 is 0 Å². The zero-order valence-electron chi connectivity index (χ0n) is 13.9. The van der Waals surface area contributed by atoms with Gasteiger partial charge in [0.1, 0.15) is 5.82 Å². The maximum atomic E-state index is 11.0. The quantitative estimate of drug-likeness (QED) is 0.677. The average molecular weight is 323 g/mol. The Labute approximate surface area is 141 Å². The van der Waals surface area contributed by atoms with Crippen molar-refractivity contribution >= 4 is 23.4 Å². The normalized spacial score (nSPS) is 11.1. The summed E-state index contributed by atoms with van der Waals surface area (Å²) >= 11 is 0. The fourth-order valence-corrected chi connectivity index (χ4v) is 2.64. The van der Waals surface area contributed by atoms with Gasteiger partial charge in [-0.25, -0.2) is 9.50 Å². The zero-order chi connectivity index (χ0) is 16.9. The fourth-order valence-electron chi connectivity index (χ4n) is 2.64. The molecule has 0 amide bonds. The van der Waals surface area contributed by atoms with Gasteiger partial charge in [0.2, 0.25) is 0 Å². The van der Waals surface area contributed by atoms with E-state index in [9.17, 15) is 4.79 Å². The van der Waals surface area contributed by atoms with Crippen LogP contribution in [0.2, 0.25) is 0 Å². The Kier molecular flexibility index (Phi) is 4.86. The molecule has 0 aliphatic carbocycles. The first kappa shape index (κ1) is 16.1. The molecule has 3 aromatic rings. The number of nitrogens with zero attached hydrogens (tertiary/aromatic N) is 4. The van der Waals surface area contributed by atoms with E-state index in [0.29, 0.717) is 17.0 Å². The number of nitrogens with one attached hydrogen (secondary N) is 1. The van der Waals surface area contributed by atoms with Crippen LogP contribution in [0.1, 0.15) is 29.8 Å². The second-order valence-corrected chi connectivity index (χ2v) is 5.59. The molecule has 6 heteroatoms. The predicted octanol–water partition coefficient (Wildman–Crippen LogP) is 3.13. The molecule has 0 bridgehead atoms. The summed E-state index contributed by atoms with van der Waals surface area (Å²) in [6.45, 7) is 7.32. The SMILES string of the molecule is CCN(CC)Cc1cccc(Nc2ccn3ncc(C=O)c3n2)c1. The van der Waals surface area contributed by atoms with Crippen molar-refractivity contribution in [3.63, 3.8) is 0 Å². The van der Waals surface area contributed by atoms with E-state index in [-0.39, 0.29) is 0 Å². The summed E-state index contributed by atoms with van der Waals surface area (Å²) < 4.78 is 1.59. The topological polar surface area (TPSA) is 62.5 Å². The van der Waals surface area contributed by atoms with Gasteiger partial charge in [0.05, 0.1) is 11.8 Å². The molecule has 0 aliphatic rings. The molecular weight excluding hydrogens is 302 g/mol. The molecular formula is C18H21N5O. The van der Waals surface area contributed by atoms with Crippen LogP contribution in [0.4, 0.5) is 11.5 Å². The maximum absolute atomic E-state index is 11.0. The summed E-state index contributed by atoms with van der Waals surface area (Å²) in [5, 5.41) is 7.39. The molecule has 0 saturated carbocycles. The van der Waals surface area contributed by atoms with Gasteiger partial charge in [-0.1, -0.05) is 26.0 Å². The van der Waals surface area contributed by atoms with E-state index < -0.39 is 0 Å². The number of carbonyl (C=O) groups excluding carboxylic acids is 1. The van der Waals surface area contributed by atoms with Crippen LogP contribution in [0.3, 0.4) is 0 Å². The lowest BCUT2D eigenvalue weighted by Crippen LogP contribution is -2.22. The zero-order valence-corrected chi connectivity index (χ0v) is 13.9. The van der Waals surface area contributed by atoms with Gasteiger partial charge >= 0.3 is 0 Å². The first-order chi connectivity index (χ1) is 11.7. The Morgan fingerprint density at radius 1 is 1.25 bits per heavy atom. The number of benzene rings is 1. The van der Waals surface area contributed by atoms with Crippen molar-refractivity contribution in [1.29, 1.82) is 0 Å². The van der Waals surface area contributed by atoms with E-state index in [2.05, 4.69) is 46.3 Å². The third-order valence-electron chi connectivity index (χ3n) is 4.02. The molecule has 0 fully saturated rings. The van der Waals surface area contributed by atoms with Crippen LogP contribution in [-0.4, -0.2) is 38.9 Å². The van der Waals surface area contributed by atoms with Gasteiger partial charge in [0.15, 0.2) is 11.9 Å². The summed E-state index contributed by atoms with van der Waals surface area (Å²) in [5.41, 5.74) is 3.26. The maximum Gasteiger partial charge on any atom is 0.167 e. The second-order valence-electron chi connectivity index (χ2n) is 5.59. The minimum absolute atomic E-state index is 0.480. The number of anilines is 2. The summed E-state index contributed by atoms with van der Waals surface area (Å²) in [6, 6.07) is 10.1. The molecule has 0 saturated heterocycles. The minimum Gasteiger partial charge on any atom is -0.340 e. The Morgan fingerprint density at radius 2 is 2.08 bits per heavy atom. The summed E-state index contributed by atoms with van der Waals surface area (Å²) in [7, 11) is 0. The highest BCUT2D eigenvalue weighted by molar-refractivity contribution is 5.84. The molecule has 124 valence electrons. The van der Waals surface area contributed by atoms with Crippen LogP contribution in [-0.2, 0) is 6.54 Å². The predicted molar refractivity (Wildman–Crippen MR) is 94.7 cm³/mol. The first-order valence-electron chi connectivity index (χ1n) is 8.11. The van der Waals surface area contributed by atoms with Gasteiger partial charge in [0.25, 0.3) is 0 Å². The van der Waals surface area contributed by atoms with Crippen molar-refractivity contribution in [1.82, 2.24) is 19.5 Å². The lowest BCUT2D eigenvalue weighted by Gasteiger charge is -2.18. The molecule has 2 aromatic heterocycles. The van der Waals surface area contributed by atoms with Gasteiger partial charge in [-0.15, -0.1) is 0 Å². The first-order valence-corrected chi connectivity index (χ1v) is 8.11. The fraction of sp³-hybridized carbons (Fsp3) is 0.278. The third-order valence-corrected chi connectivity index (χ3v) is 4.02. The van der Waals surface area contributed by atoms with E-state index in [4.69, 9.17) is 0 Å². The van der Waals surface area contributed by atoms with Crippen molar-refractivity contribution in [2.24, 2.45) is 0 Å². The number of aldehydes is 1. The van der Waals surface area contributed by atoms with E-state index in [1.165, 1.54) is 11.8 Å². The highest BCUT2D eigenvalue weighted by atomic mass is 16.1. The third kappa shape index (κ3) is 3.44. The number of carbonyl (C=O) groups is 1. The van der Waals surface area contributed by atoms with Crippen molar-refractivity contribution in [2.45, 2.75) is 20.4 Å². The van der Waals surface area contributed by atoms with E-state index in [1.54, 1.807) is 10.7 Å². The molecule has 24 heavy (non-hydrogen) atoms. The molecule has 0 aliphatic heterocycles. The van der Waals surface area contributed by atoms with Crippen molar-refractivity contribution < 1.29 is 4.79 Å². The van der Waals surface area contributed by atoms with Crippen LogP contribution < -0.4 is 5.32 Å². The van der Waals surface area contributed by atoms with Crippen LogP contribution in [0.5, 0.6) is 0 Å². The Balaban J connectivity index is 1.81. The minimum atomic E-state index is 0.480. The number of fused-ring (bicyclic) bond motifs is 1.